The number of nitrogens with zero attached hydrogens (tertiary/aromatic N) is 3. The summed E-state index contributed by atoms with van der Waals surface area (Å²) >= 11 is 0. The third-order valence-electron chi connectivity index (χ3n) is 10.1. The van der Waals surface area contributed by atoms with Crippen molar-refractivity contribution < 1.29 is 34.0 Å². The summed E-state index contributed by atoms with van der Waals surface area (Å²) in [6.07, 6.45) is 1.20. The van der Waals surface area contributed by atoms with E-state index in [0.29, 0.717) is 53.2 Å². The number of amides is 2. The van der Waals surface area contributed by atoms with Gasteiger partial charge in [0.25, 0.3) is 0 Å². The largest absolute Gasteiger partial charge is 0.507 e. The molecule has 6 atom stereocenters. The van der Waals surface area contributed by atoms with Crippen molar-refractivity contribution in [3.8, 4) is 34.8 Å². The highest BCUT2D eigenvalue weighted by Crippen LogP contribution is 2.58. The number of ether oxygens (including phenoxy) is 3. The van der Waals surface area contributed by atoms with Crippen molar-refractivity contribution in [2.45, 2.75) is 90.1 Å². The highest BCUT2D eigenvalue weighted by atomic mass is 16.7. The predicted octanol–water partition coefficient (Wildman–Crippen LogP) is 2.89. The van der Waals surface area contributed by atoms with Gasteiger partial charge in [-0.15, -0.1) is 0 Å². The van der Waals surface area contributed by atoms with Crippen LogP contribution in [0, 0.1) is 31.1 Å². The van der Waals surface area contributed by atoms with Crippen LogP contribution in [-0.2, 0) is 22.4 Å². The van der Waals surface area contributed by atoms with E-state index in [1.54, 1.807) is 13.8 Å². The molecule has 0 spiro atoms. The lowest BCUT2D eigenvalue weighted by molar-refractivity contribution is -0.129. The number of benzene rings is 2. The Labute approximate surface area is 269 Å². The number of nitrogens with one attached hydrogen (secondary N) is 2. The van der Waals surface area contributed by atoms with Gasteiger partial charge in [0.15, 0.2) is 23.0 Å². The molecule has 4 N–H and O–H groups in total. The van der Waals surface area contributed by atoms with Crippen molar-refractivity contribution in [2.24, 2.45) is 5.92 Å². The molecule has 2 bridgehead atoms. The third-order valence-corrected chi connectivity index (χ3v) is 10.1. The minimum atomic E-state index is -0.778. The van der Waals surface area contributed by atoms with Crippen LogP contribution in [0.3, 0.4) is 0 Å². The van der Waals surface area contributed by atoms with Gasteiger partial charge in [0.05, 0.1) is 25.3 Å². The maximum Gasteiger partial charge on any atom is 0.242 e. The van der Waals surface area contributed by atoms with Crippen LogP contribution in [0.1, 0.15) is 72.7 Å². The van der Waals surface area contributed by atoms with Gasteiger partial charge in [-0.3, -0.25) is 19.4 Å². The topological polar surface area (TPSA) is 157 Å². The van der Waals surface area contributed by atoms with Crippen molar-refractivity contribution >= 4 is 11.8 Å². The summed E-state index contributed by atoms with van der Waals surface area (Å²) in [4.78, 5) is 30.1. The van der Waals surface area contributed by atoms with Gasteiger partial charge in [-0.05, 0) is 57.7 Å². The molecule has 2 aromatic carbocycles. The molecule has 4 aliphatic heterocycles. The summed E-state index contributed by atoms with van der Waals surface area (Å²) < 4.78 is 17.4. The zero-order valence-corrected chi connectivity index (χ0v) is 27.4. The first kappa shape index (κ1) is 31.8. The molecular formula is C34H43N5O7. The number of methoxy groups -OCH3 is 1. The van der Waals surface area contributed by atoms with E-state index in [4.69, 9.17) is 14.2 Å². The summed E-state index contributed by atoms with van der Waals surface area (Å²) in [5, 5.41) is 39.8. The molecule has 0 radical (unpaired) electrons. The van der Waals surface area contributed by atoms with Crippen molar-refractivity contribution in [1.82, 2.24) is 20.4 Å². The molecule has 0 aliphatic carbocycles. The fourth-order valence-corrected chi connectivity index (χ4v) is 8.13. The van der Waals surface area contributed by atoms with Crippen LogP contribution >= 0.6 is 0 Å². The Kier molecular flexibility index (Phi) is 8.19. The van der Waals surface area contributed by atoms with Gasteiger partial charge < -0.3 is 35.1 Å². The van der Waals surface area contributed by atoms with E-state index in [9.17, 15) is 25.1 Å². The van der Waals surface area contributed by atoms with Crippen molar-refractivity contribution in [3.05, 3.63) is 39.4 Å². The van der Waals surface area contributed by atoms with Gasteiger partial charge >= 0.3 is 0 Å². The van der Waals surface area contributed by atoms with E-state index in [-0.39, 0.29) is 60.7 Å². The molecule has 12 nitrogen and oxygen atoms in total. The number of likely N-dealkylation sites (N-methyl/N-ethyl adjacent to an activating group) is 1. The molecular weight excluding hydrogens is 590 g/mol. The van der Waals surface area contributed by atoms with Gasteiger partial charge in [-0.1, -0.05) is 19.9 Å². The number of carbonyl (C=O) groups excluding carboxylic acids is 2. The number of aryl methyl sites for hydroxylation is 1. The van der Waals surface area contributed by atoms with Gasteiger partial charge in [0.1, 0.15) is 17.8 Å². The highest BCUT2D eigenvalue weighted by Gasteiger charge is 2.56. The number of rotatable bonds is 7. The Hall–Kier alpha value is -4.21. The summed E-state index contributed by atoms with van der Waals surface area (Å²) in [6, 6.07) is 1.72. The number of hydrogen-bond donors (Lipinski definition) is 4. The number of piperazine rings is 1. The molecule has 1 fully saturated rings. The van der Waals surface area contributed by atoms with E-state index in [0.717, 1.165) is 16.7 Å². The quantitative estimate of drug-likeness (QED) is 0.358. The number of phenols is 2. The lowest BCUT2D eigenvalue weighted by atomic mass is 9.71. The molecule has 1 saturated heterocycles. The Morgan fingerprint density at radius 1 is 1.11 bits per heavy atom. The number of hydrogen-bond acceptors (Lipinski definition) is 10. The molecule has 246 valence electrons. The van der Waals surface area contributed by atoms with E-state index in [1.165, 1.54) is 7.11 Å². The molecule has 4 aliphatic rings. The van der Waals surface area contributed by atoms with Crippen LogP contribution in [0.5, 0.6) is 28.7 Å². The molecule has 2 amide bonds. The molecule has 2 aromatic rings. The van der Waals surface area contributed by atoms with Crippen LogP contribution in [0.4, 0.5) is 0 Å². The minimum Gasteiger partial charge on any atom is -0.507 e. The maximum absolute atomic E-state index is 13.4. The lowest BCUT2D eigenvalue weighted by Crippen LogP contribution is -2.68. The number of carbonyl (C=O) groups is 2. The summed E-state index contributed by atoms with van der Waals surface area (Å²) in [5.74, 6) is 1.12. The smallest absolute Gasteiger partial charge is 0.242 e. The average molecular weight is 634 g/mol. The fraction of sp³-hybridized carbons (Fsp3) is 0.559. The summed E-state index contributed by atoms with van der Waals surface area (Å²) in [5.41, 5.74) is 4.44. The average Bonchev–Trinajstić information content (AvgIpc) is 3.48. The maximum atomic E-state index is 13.4. The second-order valence-corrected chi connectivity index (χ2v) is 13.4. The van der Waals surface area contributed by atoms with Crippen molar-refractivity contribution in [2.75, 3.05) is 27.5 Å². The second-order valence-electron chi connectivity index (χ2n) is 13.4. The molecule has 1 unspecified atom stereocenters. The molecule has 46 heavy (non-hydrogen) atoms. The van der Waals surface area contributed by atoms with Crippen molar-refractivity contribution in [3.63, 3.8) is 0 Å². The van der Waals surface area contributed by atoms with E-state index >= 15 is 0 Å². The Bertz CT molecular complexity index is 1640. The number of phenolic OH excluding ortho intramolecular Hbond substituents is 2. The van der Waals surface area contributed by atoms with Gasteiger partial charge in [-0.25, -0.2) is 0 Å². The number of nitriles is 1. The zero-order valence-electron chi connectivity index (χ0n) is 27.4. The van der Waals surface area contributed by atoms with E-state index in [2.05, 4.69) is 26.5 Å². The molecule has 12 heteroatoms. The summed E-state index contributed by atoms with van der Waals surface area (Å²) in [6.45, 7) is 9.27. The highest BCUT2D eigenvalue weighted by molar-refractivity contribution is 5.87. The molecule has 4 heterocycles. The SMILES string of the molecule is COc1c(C)cc2c(c1O)[C@@H]1C3Cc4c(O)c(C)c5c(c4[C@H](CNC(=O)[C@@H](C)NC(=O)CC(C)C)N3[C@@H](C#N)[C@H](C2)N1C)OCO5. The van der Waals surface area contributed by atoms with E-state index < -0.39 is 18.1 Å². The lowest BCUT2D eigenvalue weighted by Gasteiger charge is -2.60. The summed E-state index contributed by atoms with van der Waals surface area (Å²) in [7, 11) is 3.51. The normalized spacial score (nSPS) is 25.2. The van der Waals surface area contributed by atoms with Crippen LogP contribution in [0.15, 0.2) is 6.07 Å². The molecule has 6 rings (SSSR count). The van der Waals surface area contributed by atoms with Crippen LogP contribution in [-0.4, -0.2) is 83.5 Å². The van der Waals surface area contributed by atoms with Crippen LogP contribution in [0.2, 0.25) is 0 Å². The molecule has 0 aromatic heterocycles. The minimum absolute atomic E-state index is 0.0104. The standard InChI is InChI=1S/C34H43N5O7/c1-15(2)8-25(40)37-18(5)34(43)36-13-24-27-20(29(41)17(4)32-33(27)46-14-45-32)11-22-28-26-19(9-16(3)31(44-7)30(26)42)10-21(38(28)6)23(12-35)39(22)24/h9,15,18,21-24,28,41-42H,8,10-11,13-14H2,1-7H3,(H,36,43)(H,37,40)/t18-,21+,22?,23+,24+,28+/m1/s1. The number of fused-ring (bicyclic) bond motifs is 9. The zero-order chi connectivity index (χ0) is 33.2. The van der Waals surface area contributed by atoms with E-state index in [1.807, 2.05) is 33.9 Å². The third kappa shape index (κ3) is 4.88. The molecule has 0 saturated carbocycles. The van der Waals surface area contributed by atoms with Gasteiger partial charge in [0.2, 0.25) is 18.6 Å². The van der Waals surface area contributed by atoms with Crippen molar-refractivity contribution in [1.29, 1.82) is 5.26 Å². The van der Waals surface area contributed by atoms with Crippen LogP contribution < -0.4 is 24.8 Å². The monoisotopic (exact) mass is 633 g/mol. The predicted molar refractivity (Wildman–Crippen MR) is 168 cm³/mol. The Morgan fingerprint density at radius 2 is 1.83 bits per heavy atom. The number of aromatic hydroxyl groups is 2. The fourth-order valence-electron chi connectivity index (χ4n) is 8.13. The van der Waals surface area contributed by atoms with Gasteiger partial charge in [0, 0.05) is 47.3 Å². The Balaban J connectivity index is 1.46. The van der Waals surface area contributed by atoms with Gasteiger partial charge in [-0.2, -0.15) is 5.26 Å². The van der Waals surface area contributed by atoms with Crippen LogP contribution in [0.25, 0.3) is 0 Å². The first-order valence-corrected chi connectivity index (χ1v) is 15.9. The first-order valence-electron chi connectivity index (χ1n) is 15.9. The Morgan fingerprint density at radius 3 is 2.50 bits per heavy atom. The first-order chi connectivity index (χ1) is 21.9. The second kappa shape index (κ2) is 11.9.